The maximum atomic E-state index is 12.3. The number of benzene rings is 1. The van der Waals surface area contributed by atoms with Gasteiger partial charge in [-0.15, -0.1) is 6.42 Å². The summed E-state index contributed by atoms with van der Waals surface area (Å²) in [6.07, 6.45) is 9.88. The predicted octanol–water partition coefficient (Wildman–Crippen LogP) is 2.90. The Labute approximate surface area is 133 Å². The quantitative estimate of drug-likeness (QED) is 0.572. The molecule has 0 N–H and O–H groups in total. The molecule has 1 atom stereocenters. The minimum Gasteiger partial charge on any atom is -0.368 e. The summed E-state index contributed by atoms with van der Waals surface area (Å²) in [5, 5.41) is 0. The molecule has 2 rings (SSSR count). The first-order valence-electron chi connectivity index (χ1n) is 8.12. The summed E-state index contributed by atoms with van der Waals surface area (Å²) >= 11 is 0. The normalized spacial score (nSPS) is 18.0. The molecule has 0 aliphatic carbocycles. The van der Waals surface area contributed by atoms with Gasteiger partial charge in [0.05, 0.1) is 6.61 Å². The molecule has 1 aliphatic rings. The SMILES string of the molecule is C#CCOCC1CCCN(C(=O)CCCc2ccccc2)C1. The highest BCUT2D eigenvalue weighted by atomic mass is 16.5. The van der Waals surface area contributed by atoms with E-state index in [1.54, 1.807) is 0 Å². The lowest BCUT2D eigenvalue weighted by Gasteiger charge is -2.32. The Hall–Kier alpha value is -1.79. The average Bonchev–Trinajstić information content (AvgIpc) is 2.56. The Kier molecular flexibility index (Phi) is 6.99. The lowest BCUT2D eigenvalue weighted by atomic mass is 9.98. The van der Waals surface area contributed by atoms with Crippen LogP contribution < -0.4 is 0 Å². The molecule has 0 saturated carbocycles. The van der Waals surface area contributed by atoms with Gasteiger partial charge in [-0.25, -0.2) is 0 Å². The predicted molar refractivity (Wildman–Crippen MR) is 88.3 cm³/mol. The molecule has 1 aromatic carbocycles. The fourth-order valence-electron chi connectivity index (χ4n) is 2.96. The maximum Gasteiger partial charge on any atom is 0.222 e. The summed E-state index contributed by atoms with van der Waals surface area (Å²) in [5.74, 6) is 3.19. The third-order valence-electron chi connectivity index (χ3n) is 4.11. The highest BCUT2D eigenvalue weighted by Gasteiger charge is 2.23. The molecule has 118 valence electrons. The maximum absolute atomic E-state index is 12.3. The highest BCUT2D eigenvalue weighted by molar-refractivity contribution is 5.76. The molecule has 1 aliphatic heterocycles. The molecule has 0 spiro atoms. The summed E-state index contributed by atoms with van der Waals surface area (Å²) in [6.45, 7) is 2.73. The lowest BCUT2D eigenvalue weighted by molar-refractivity contribution is -0.133. The average molecular weight is 299 g/mol. The standard InChI is InChI=1S/C19H25NO2/c1-2-14-22-16-18-11-7-13-20(15-18)19(21)12-6-10-17-8-4-3-5-9-17/h1,3-5,8-9,18H,6-7,10-16H2. The Morgan fingerprint density at radius 2 is 2.18 bits per heavy atom. The molecule has 0 radical (unpaired) electrons. The van der Waals surface area contributed by atoms with E-state index in [1.807, 2.05) is 23.1 Å². The molecular weight excluding hydrogens is 274 g/mol. The fraction of sp³-hybridized carbons (Fsp3) is 0.526. The van der Waals surface area contributed by atoms with E-state index in [1.165, 1.54) is 5.56 Å². The Balaban J connectivity index is 1.69. The van der Waals surface area contributed by atoms with Gasteiger partial charge in [-0.2, -0.15) is 0 Å². The number of terminal acetylenes is 1. The molecule has 1 aromatic rings. The number of rotatable bonds is 7. The van der Waals surface area contributed by atoms with Crippen molar-refractivity contribution < 1.29 is 9.53 Å². The third kappa shape index (κ3) is 5.54. The van der Waals surface area contributed by atoms with Crippen LogP contribution in [0.4, 0.5) is 0 Å². The van der Waals surface area contributed by atoms with E-state index in [9.17, 15) is 4.79 Å². The number of carbonyl (C=O) groups is 1. The van der Waals surface area contributed by atoms with Crippen LogP contribution in [0.3, 0.4) is 0 Å². The second-order valence-electron chi connectivity index (χ2n) is 5.91. The molecule has 1 heterocycles. The first-order valence-corrected chi connectivity index (χ1v) is 8.12. The van der Waals surface area contributed by atoms with Gasteiger partial charge in [0.1, 0.15) is 6.61 Å². The van der Waals surface area contributed by atoms with E-state index < -0.39 is 0 Å². The number of hydrogen-bond acceptors (Lipinski definition) is 2. The zero-order valence-electron chi connectivity index (χ0n) is 13.2. The zero-order valence-corrected chi connectivity index (χ0v) is 13.2. The van der Waals surface area contributed by atoms with E-state index in [4.69, 9.17) is 11.2 Å². The Morgan fingerprint density at radius 1 is 1.36 bits per heavy atom. The van der Waals surface area contributed by atoms with Crippen LogP contribution in [0.2, 0.25) is 0 Å². The van der Waals surface area contributed by atoms with Gasteiger partial charge in [-0.05, 0) is 37.2 Å². The van der Waals surface area contributed by atoms with E-state index in [-0.39, 0.29) is 5.91 Å². The van der Waals surface area contributed by atoms with Crippen molar-refractivity contribution in [3.63, 3.8) is 0 Å². The van der Waals surface area contributed by atoms with Crippen LogP contribution in [0, 0.1) is 18.3 Å². The van der Waals surface area contributed by atoms with Crippen molar-refractivity contribution in [1.29, 1.82) is 0 Å². The first-order chi connectivity index (χ1) is 10.8. The number of ether oxygens (including phenoxy) is 1. The van der Waals surface area contributed by atoms with Crippen LogP contribution >= 0.6 is 0 Å². The number of hydrogen-bond donors (Lipinski definition) is 0. The number of piperidine rings is 1. The second kappa shape index (κ2) is 9.27. The number of likely N-dealkylation sites (tertiary alicyclic amines) is 1. The molecule has 1 unspecified atom stereocenters. The monoisotopic (exact) mass is 299 g/mol. The molecule has 1 saturated heterocycles. The van der Waals surface area contributed by atoms with E-state index in [0.717, 1.165) is 38.8 Å². The summed E-state index contributed by atoms with van der Waals surface area (Å²) in [4.78, 5) is 14.3. The topological polar surface area (TPSA) is 29.5 Å². The molecule has 22 heavy (non-hydrogen) atoms. The molecular formula is C19H25NO2. The van der Waals surface area contributed by atoms with Crippen LogP contribution in [0.15, 0.2) is 30.3 Å². The van der Waals surface area contributed by atoms with Crippen LogP contribution in [0.1, 0.15) is 31.2 Å². The van der Waals surface area contributed by atoms with E-state index in [0.29, 0.717) is 25.6 Å². The van der Waals surface area contributed by atoms with Gasteiger partial charge in [-0.1, -0.05) is 36.3 Å². The molecule has 3 heteroatoms. The van der Waals surface area contributed by atoms with E-state index >= 15 is 0 Å². The van der Waals surface area contributed by atoms with Gasteiger partial charge >= 0.3 is 0 Å². The number of nitrogens with zero attached hydrogens (tertiary/aromatic N) is 1. The largest absolute Gasteiger partial charge is 0.368 e. The van der Waals surface area contributed by atoms with Gasteiger partial charge < -0.3 is 9.64 Å². The van der Waals surface area contributed by atoms with E-state index in [2.05, 4.69) is 18.1 Å². The van der Waals surface area contributed by atoms with Crippen molar-refractivity contribution >= 4 is 5.91 Å². The molecule has 0 aromatic heterocycles. The van der Waals surface area contributed by atoms with Crippen molar-refractivity contribution in [3.8, 4) is 12.3 Å². The fourth-order valence-corrected chi connectivity index (χ4v) is 2.96. The second-order valence-corrected chi connectivity index (χ2v) is 5.91. The lowest BCUT2D eigenvalue weighted by Crippen LogP contribution is -2.41. The van der Waals surface area contributed by atoms with Crippen molar-refractivity contribution in [2.75, 3.05) is 26.3 Å². The van der Waals surface area contributed by atoms with Crippen molar-refractivity contribution in [2.24, 2.45) is 5.92 Å². The summed E-state index contributed by atoms with van der Waals surface area (Å²) in [5.41, 5.74) is 1.30. The number of aryl methyl sites for hydroxylation is 1. The Morgan fingerprint density at radius 3 is 2.95 bits per heavy atom. The summed E-state index contributed by atoms with van der Waals surface area (Å²) < 4.78 is 5.42. The smallest absolute Gasteiger partial charge is 0.222 e. The van der Waals surface area contributed by atoms with Crippen molar-refractivity contribution in [2.45, 2.75) is 32.1 Å². The highest BCUT2D eigenvalue weighted by Crippen LogP contribution is 2.18. The molecule has 0 bridgehead atoms. The van der Waals surface area contributed by atoms with Crippen LogP contribution in [-0.4, -0.2) is 37.1 Å². The minimum absolute atomic E-state index is 0.276. The third-order valence-corrected chi connectivity index (χ3v) is 4.11. The zero-order chi connectivity index (χ0) is 15.6. The molecule has 1 fully saturated rings. The van der Waals surface area contributed by atoms with Crippen LogP contribution in [0.25, 0.3) is 0 Å². The first kappa shape index (κ1) is 16.6. The summed E-state index contributed by atoms with van der Waals surface area (Å²) in [7, 11) is 0. The summed E-state index contributed by atoms with van der Waals surface area (Å²) in [6, 6.07) is 10.3. The van der Waals surface area contributed by atoms with Crippen LogP contribution in [-0.2, 0) is 16.0 Å². The van der Waals surface area contributed by atoms with Gasteiger partial charge in [0.2, 0.25) is 5.91 Å². The minimum atomic E-state index is 0.276. The van der Waals surface area contributed by atoms with Gasteiger partial charge in [0.15, 0.2) is 0 Å². The molecule has 1 amide bonds. The van der Waals surface area contributed by atoms with Crippen molar-refractivity contribution in [3.05, 3.63) is 35.9 Å². The van der Waals surface area contributed by atoms with Gasteiger partial charge in [0.25, 0.3) is 0 Å². The van der Waals surface area contributed by atoms with Crippen LogP contribution in [0.5, 0.6) is 0 Å². The van der Waals surface area contributed by atoms with Gasteiger partial charge in [-0.3, -0.25) is 4.79 Å². The number of carbonyl (C=O) groups excluding carboxylic acids is 1. The Bertz CT molecular complexity index is 492. The van der Waals surface area contributed by atoms with Crippen molar-refractivity contribution in [1.82, 2.24) is 4.90 Å². The van der Waals surface area contributed by atoms with Gasteiger partial charge in [0, 0.05) is 19.5 Å². The number of amides is 1. The molecule has 3 nitrogen and oxygen atoms in total.